The van der Waals surface area contributed by atoms with E-state index in [1.807, 2.05) is 38.1 Å². The molecule has 25 heavy (non-hydrogen) atoms. The van der Waals surface area contributed by atoms with Crippen molar-refractivity contribution < 1.29 is 14.3 Å². The second-order valence-electron chi connectivity index (χ2n) is 5.60. The lowest BCUT2D eigenvalue weighted by Gasteiger charge is -2.11. The van der Waals surface area contributed by atoms with Crippen molar-refractivity contribution in [2.24, 2.45) is 5.92 Å². The van der Waals surface area contributed by atoms with Gasteiger partial charge in [-0.15, -0.1) is 10.2 Å². The molecule has 0 bridgehead atoms. The Balaban J connectivity index is 1.95. The Morgan fingerprint density at radius 2 is 2.08 bits per heavy atom. The van der Waals surface area contributed by atoms with E-state index in [0.717, 1.165) is 5.69 Å². The number of benzene rings is 1. The van der Waals surface area contributed by atoms with E-state index in [4.69, 9.17) is 4.74 Å². The van der Waals surface area contributed by atoms with Crippen LogP contribution in [0.2, 0.25) is 0 Å². The Morgan fingerprint density at radius 3 is 2.80 bits per heavy atom. The maximum absolute atomic E-state index is 11.9. The first-order chi connectivity index (χ1) is 12.0. The minimum Gasteiger partial charge on any atom is -0.495 e. The monoisotopic (exact) mass is 363 g/mol. The number of rotatable bonds is 7. The maximum atomic E-state index is 11.9. The van der Waals surface area contributed by atoms with Crippen molar-refractivity contribution in [1.82, 2.24) is 25.4 Å². The number of amides is 3. The Hall–Kier alpha value is -2.55. The average Bonchev–Trinajstić information content (AvgIpc) is 3.06. The quantitative estimate of drug-likeness (QED) is 0.729. The molecule has 0 aliphatic rings. The zero-order valence-electron chi connectivity index (χ0n) is 14.4. The number of carbonyl (C=O) groups excluding carboxylic acids is 2. The maximum Gasteiger partial charge on any atom is 0.321 e. The number of ether oxygens (including phenoxy) is 1. The predicted octanol–water partition coefficient (Wildman–Crippen LogP) is 1.85. The molecule has 1 aromatic carbocycles. The van der Waals surface area contributed by atoms with Gasteiger partial charge in [0.15, 0.2) is 5.16 Å². The highest BCUT2D eigenvalue weighted by atomic mass is 32.2. The molecule has 0 unspecified atom stereocenters. The van der Waals surface area contributed by atoms with Crippen molar-refractivity contribution >= 4 is 23.7 Å². The standard InChI is InChI=1S/C16H21N5O3S/c1-11(2)8-17-15(23)19-14(22)9-25-16-20-18-10-21(16)12-6-4-5-7-13(12)24-3/h4-7,10-11H,8-9H2,1-3H3,(H2,17,19,22,23). The summed E-state index contributed by atoms with van der Waals surface area (Å²) in [6, 6.07) is 6.94. The van der Waals surface area contributed by atoms with Crippen molar-refractivity contribution in [2.75, 3.05) is 19.4 Å². The van der Waals surface area contributed by atoms with Crippen LogP contribution in [0.25, 0.3) is 5.69 Å². The predicted molar refractivity (Wildman–Crippen MR) is 95.0 cm³/mol. The topological polar surface area (TPSA) is 98.1 Å². The SMILES string of the molecule is COc1ccccc1-n1cnnc1SCC(=O)NC(=O)NCC(C)C. The van der Waals surface area contributed by atoms with Crippen molar-refractivity contribution in [3.8, 4) is 11.4 Å². The molecule has 0 saturated carbocycles. The first-order valence-electron chi connectivity index (χ1n) is 7.75. The average molecular weight is 363 g/mol. The number of nitrogens with one attached hydrogen (secondary N) is 2. The van der Waals surface area contributed by atoms with Crippen LogP contribution < -0.4 is 15.4 Å². The molecular formula is C16H21N5O3S. The summed E-state index contributed by atoms with van der Waals surface area (Å²) in [7, 11) is 1.58. The van der Waals surface area contributed by atoms with Crippen LogP contribution in [0.4, 0.5) is 4.79 Å². The number of imide groups is 1. The molecule has 2 aromatic rings. The van der Waals surface area contributed by atoms with Gasteiger partial charge in [-0.2, -0.15) is 0 Å². The summed E-state index contributed by atoms with van der Waals surface area (Å²) in [5, 5.41) is 13.4. The molecule has 0 atom stereocenters. The summed E-state index contributed by atoms with van der Waals surface area (Å²) in [5.74, 6) is 0.625. The molecule has 0 radical (unpaired) electrons. The second-order valence-corrected chi connectivity index (χ2v) is 6.54. The summed E-state index contributed by atoms with van der Waals surface area (Å²) in [6.45, 7) is 4.46. The van der Waals surface area contributed by atoms with Crippen LogP contribution in [0, 0.1) is 5.92 Å². The van der Waals surface area contributed by atoms with Crippen LogP contribution >= 0.6 is 11.8 Å². The summed E-state index contributed by atoms with van der Waals surface area (Å²) in [5.41, 5.74) is 0.771. The van der Waals surface area contributed by atoms with E-state index in [0.29, 0.717) is 23.4 Å². The van der Waals surface area contributed by atoms with Crippen LogP contribution in [0.5, 0.6) is 5.75 Å². The van der Waals surface area contributed by atoms with E-state index < -0.39 is 11.9 Å². The van der Waals surface area contributed by atoms with E-state index >= 15 is 0 Å². The fourth-order valence-corrected chi connectivity index (χ4v) is 2.67. The molecule has 0 aliphatic carbocycles. The van der Waals surface area contributed by atoms with Gasteiger partial charge in [-0.05, 0) is 18.1 Å². The van der Waals surface area contributed by atoms with Gasteiger partial charge in [0.05, 0.1) is 18.6 Å². The van der Waals surface area contributed by atoms with Crippen molar-refractivity contribution in [1.29, 1.82) is 0 Å². The van der Waals surface area contributed by atoms with E-state index in [2.05, 4.69) is 20.8 Å². The molecule has 8 nitrogen and oxygen atoms in total. The van der Waals surface area contributed by atoms with Crippen LogP contribution in [-0.4, -0.2) is 46.1 Å². The first kappa shape index (κ1) is 18.8. The van der Waals surface area contributed by atoms with Crippen LogP contribution in [0.3, 0.4) is 0 Å². The summed E-state index contributed by atoms with van der Waals surface area (Å²) in [6.07, 6.45) is 1.55. The molecule has 1 aromatic heterocycles. The second kappa shape index (κ2) is 9.07. The molecule has 0 aliphatic heterocycles. The van der Waals surface area contributed by atoms with Crippen LogP contribution in [0.15, 0.2) is 35.7 Å². The lowest BCUT2D eigenvalue weighted by molar-refractivity contribution is -0.117. The number of nitrogens with zero attached hydrogens (tertiary/aromatic N) is 3. The molecule has 3 amide bonds. The molecule has 0 saturated heterocycles. The van der Waals surface area contributed by atoms with Gasteiger partial charge in [0, 0.05) is 6.54 Å². The van der Waals surface area contributed by atoms with Crippen molar-refractivity contribution in [3.63, 3.8) is 0 Å². The molecule has 2 rings (SSSR count). The highest BCUT2D eigenvalue weighted by Crippen LogP contribution is 2.26. The van der Waals surface area contributed by atoms with E-state index in [1.54, 1.807) is 18.0 Å². The number of urea groups is 1. The van der Waals surface area contributed by atoms with Crippen LogP contribution in [0.1, 0.15) is 13.8 Å². The number of aromatic nitrogens is 3. The number of para-hydroxylation sites is 2. The molecule has 9 heteroatoms. The third-order valence-corrected chi connectivity index (χ3v) is 4.06. The van der Waals surface area contributed by atoms with Gasteiger partial charge in [0.1, 0.15) is 12.1 Å². The fourth-order valence-electron chi connectivity index (χ4n) is 1.95. The number of carbonyl (C=O) groups is 2. The Labute approximate surface area is 150 Å². The summed E-state index contributed by atoms with van der Waals surface area (Å²) < 4.78 is 7.06. The zero-order valence-corrected chi connectivity index (χ0v) is 15.2. The normalized spacial score (nSPS) is 10.6. The number of hydrogen-bond donors (Lipinski definition) is 2. The van der Waals surface area contributed by atoms with Gasteiger partial charge in [-0.1, -0.05) is 37.7 Å². The highest BCUT2D eigenvalue weighted by Gasteiger charge is 2.14. The number of thioether (sulfide) groups is 1. The molecule has 134 valence electrons. The van der Waals surface area contributed by atoms with Crippen molar-refractivity contribution in [2.45, 2.75) is 19.0 Å². The third-order valence-electron chi connectivity index (χ3n) is 3.12. The van der Waals surface area contributed by atoms with Gasteiger partial charge in [-0.3, -0.25) is 14.7 Å². The van der Waals surface area contributed by atoms with Gasteiger partial charge in [0.25, 0.3) is 0 Å². The molecule has 2 N–H and O–H groups in total. The fraction of sp³-hybridized carbons (Fsp3) is 0.375. The molecule has 1 heterocycles. The van der Waals surface area contributed by atoms with Gasteiger partial charge < -0.3 is 10.1 Å². The van der Waals surface area contributed by atoms with E-state index in [-0.39, 0.29) is 5.75 Å². The molecule has 0 fully saturated rings. The Kier molecular flexibility index (Phi) is 6.81. The highest BCUT2D eigenvalue weighted by molar-refractivity contribution is 7.99. The van der Waals surface area contributed by atoms with Gasteiger partial charge >= 0.3 is 6.03 Å². The largest absolute Gasteiger partial charge is 0.495 e. The Morgan fingerprint density at radius 1 is 1.32 bits per heavy atom. The first-order valence-corrected chi connectivity index (χ1v) is 8.73. The number of methoxy groups -OCH3 is 1. The zero-order chi connectivity index (χ0) is 18.2. The third kappa shape index (κ3) is 5.49. The van der Waals surface area contributed by atoms with Crippen LogP contribution in [-0.2, 0) is 4.79 Å². The lowest BCUT2D eigenvalue weighted by atomic mass is 10.2. The molecular weight excluding hydrogens is 342 g/mol. The summed E-state index contributed by atoms with van der Waals surface area (Å²) >= 11 is 1.18. The number of hydrogen-bond acceptors (Lipinski definition) is 6. The summed E-state index contributed by atoms with van der Waals surface area (Å²) in [4.78, 5) is 23.5. The smallest absolute Gasteiger partial charge is 0.321 e. The lowest BCUT2D eigenvalue weighted by Crippen LogP contribution is -2.41. The minimum absolute atomic E-state index is 0.0446. The Bertz CT molecular complexity index is 732. The van der Waals surface area contributed by atoms with E-state index in [9.17, 15) is 9.59 Å². The van der Waals surface area contributed by atoms with E-state index in [1.165, 1.54) is 11.8 Å². The van der Waals surface area contributed by atoms with Gasteiger partial charge in [-0.25, -0.2) is 4.79 Å². The molecule has 0 spiro atoms. The minimum atomic E-state index is -0.495. The van der Waals surface area contributed by atoms with Gasteiger partial charge in [0.2, 0.25) is 5.91 Å². The van der Waals surface area contributed by atoms with Crippen molar-refractivity contribution in [3.05, 3.63) is 30.6 Å².